The van der Waals surface area contributed by atoms with Gasteiger partial charge >= 0.3 is 0 Å². The molecule has 2 aromatic rings. The van der Waals surface area contributed by atoms with Crippen molar-refractivity contribution in [1.82, 2.24) is 0 Å². The van der Waals surface area contributed by atoms with Gasteiger partial charge in [0, 0.05) is 6.20 Å². The van der Waals surface area contributed by atoms with Gasteiger partial charge in [0.15, 0.2) is 0 Å². The van der Waals surface area contributed by atoms with Crippen LogP contribution in [0.1, 0.15) is 5.56 Å². The molecule has 2 nitrogen and oxygen atoms in total. The van der Waals surface area contributed by atoms with Crippen molar-refractivity contribution in [3.8, 4) is 0 Å². The predicted octanol–water partition coefficient (Wildman–Crippen LogP) is 3.55. The summed E-state index contributed by atoms with van der Waals surface area (Å²) in [6.07, 6.45) is 4.25. The van der Waals surface area contributed by atoms with Crippen LogP contribution in [0.25, 0.3) is 6.08 Å². The van der Waals surface area contributed by atoms with Crippen LogP contribution in [0.4, 0.5) is 11.4 Å². The fraction of sp³-hybridized carbons (Fsp3) is 0.0667. The van der Waals surface area contributed by atoms with E-state index in [1.807, 2.05) is 6.07 Å². The molecule has 1 aliphatic heterocycles. The van der Waals surface area contributed by atoms with Crippen molar-refractivity contribution in [3.63, 3.8) is 0 Å². The molecule has 0 saturated carbocycles. The zero-order valence-electron chi connectivity index (χ0n) is 9.51. The topological polar surface area (TPSA) is 15.3 Å². The van der Waals surface area contributed by atoms with Gasteiger partial charge in [0.25, 0.3) is 0 Å². The van der Waals surface area contributed by atoms with E-state index in [0.717, 1.165) is 6.67 Å². The maximum atomic E-state index is 3.36. The van der Waals surface area contributed by atoms with E-state index < -0.39 is 0 Å². The van der Waals surface area contributed by atoms with Gasteiger partial charge in [-0.25, -0.2) is 0 Å². The molecule has 84 valence electrons. The highest BCUT2D eigenvalue weighted by atomic mass is 15.3. The fourth-order valence-corrected chi connectivity index (χ4v) is 2.00. The molecule has 0 atom stereocenters. The second-order valence-electron chi connectivity index (χ2n) is 4.05. The van der Waals surface area contributed by atoms with Crippen molar-refractivity contribution < 1.29 is 0 Å². The molecule has 3 rings (SSSR count). The number of hydrogen-bond acceptors (Lipinski definition) is 2. The molecule has 2 aromatic carbocycles. The number of fused-ring (bicyclic) bond motifs is 1. The summed E-state index contributed by atoms with van der Waals surface area (Å²) in [5, 5.41) is 3.36. The molecular weight excluding hydrogens is 208 g/mol. The zero-order valence-corrected chi connectivity index (χ0v) is 9.51. The first-order valence-corrected chi connectivity index (χ1v) is 5.76. The third-order valence-corrected chi connectivity index (χ3v) is 2.90. The maximum Gasteiger partial charge on any atom is 0.0921 e. The normalized spacial score (nSPS) is 13.8. The first-order valence-electron chi connectivity index (χ1n) is 5.76. The summed E-state index contributed by atoms with van der Waals surface area (Å²) in [6.45, 7) is 0.836. The van der Waals surface area contributed by atoms with Crippen LogP contribution in [0.3, 0.4) is 0 Å². The predicted molar refractivity (Wildman–Crippen MR) is 72.9 cm³/mol. The van der Waals surface area contributed by atoms with E-state index in [1.54, 1.807) is 0 Å². The van der Waals surface area contributed by atoms with E-state index in [-0.39, 0.29) is 0 Å². The molecule has 0 amide bonds. The Bertz CT molecular complexity index is 532. The largest absolute Gasteiger partial charge is 0.366 e. The third-order valence-electron chi connectivity index (χ3n) is 2.90. The molecule has 0 spiro atoms. The number of hydrogen-bond donors (Lipinski definition) is 1. The molecule has 0 saturated heterocycles. The van der Waals surface area contributed by atoms with Gasteiger partial charge in [-0.1, -0.05) is 42.5 Å². The zero-order chi connectivity index (χ0) is 11.5. The summed E-state index contributed by atoms with van der Waals surface area (Å²) in [6, 6.07) is 18.7. The monoisotopic (exact) mass is 222 g/mol. The first kappa shape index (κ1) is 9.97. The summed E-state index contributed by atoms with van der Waals surface area (Å²) in [4.78, 5) is 2.21. The lowest BCUT2D eigenvalue weighted by Crippen LogP contribution is -2.14. The highest BCUT2D eigenvalue weighted by Crippen LogP contribution is 2.30. The Kier molecular flexibility index (Phi) is 2.54. The van der Waals surface area contributed by atoms with Gasteiger partial charge in [-0.3, -0.25) is 0 Å². The minimum atomic E-state index is 0.836. The molecule has 0 fully saturated rings. The van der Waals surface area contributed by atoms with Crippen LogP contribution in [-0.4, -0.2) is 6.67 Å². The summed E-state index contributed by atoms with van der Waals surface area (Å²) < 4.78 is 0. The number of anilines is 2. The molecule has 0 radical (unpaired) electrons. The minimum Gasteiger partial charge on any atom is -0.366 e. The van der Waals surface area contributed by atoms with Gasteiger partial charge in [-0.15, -0.1) is 0 Å². The second-order valence-corrected chi connectivity index (χ2v) is 4.05. The van der Waals surface area contributed by atoms with Gasteiger partial charge in [0.2, 0.25) is 0 Å². The van der Waals surface area contributed by atoms with Crippen LogP contribution >= 0.6 is 0 Å². The van der Waals surface area contributed by atoms with Crippen LogP contribution in [-0.2, 0) is 0 Å². The summed E-state index contributed by atoms with van der Waals surface area (Å²) in [5.74, 6) is 0. The molecule has 2 heteroatoms. The van der Waals surface area contributed by atoms with Gasteiger partial charge in [-0.05, 0) is 23.8 Å². The SMILES string of the molecule is C(=C\N1CNc2ccccc21)/c1ccccc1. The van der Waals surface area contributed by atoms with Gasteiger partial charge in [-0.2, -0.15) is 0 Å². The van der Waals surface area contributed by atoms with Crippen molar-refractivity contribution >= 4 is 17.5 Å². The van der Waals surface area contributed by atoms with Gasteiger partial charge in [0.1, 0.15) is 0 Å². The van der Waals surface area contributed by atoms with Crippen LogP contribution < -0.4 is 10.2 Å². The summed E-state index contributed by atoms with van der Waals surface area (Å²) in [7, 11) is 0. The number of benzene rings is 2. The van der Waals surface area contributed by atoms with Crippen LogP contribution in [0.15, 0.2) is 60.8 Å². The number of nitrogens with zero attached hydrogens (tertiary/aromatic N) is 1. The van der Waals surface area contributed by atoms with E-state index in [2.05, 4.69) is 71.0 Å². The van der Waals surface area contributed by atoms with Crippen molar-refractivity contribution in [2.75, 3.05) is 16.9 Å². The Labute approximate surface area is 101 Å². The Balaban J connectivity index is 1.82. The number of rotatable bonds is 2. The average molecular weight is 222 g/mol. The standard InChI is InChI=1S/C15H14N2/c1-2-6-13(7-3-1)10-11-17-12-16-14-8-4-5-9-15(14)17/h1-11,16H,12H2/b11-10+. The molecule has 0 aliphatic carbocycles. The van der Waals surface area contributed by atoms with Crippen LogP contribution in [0.2, 0.25) is 0 Å². The molecule has 1 N–H and O–H groups in total. The lowest BCUT2D eigenvalue weighted by Gasteiger charge is -2.11. The molecule has 1 heterocycles. The average Bonchev–Trinajstić information content (AvgIpc) is 2.81. The summed E-state index contributed by atoms with van der Waals surface area (Å²) in [5.41, 5.74) is 3.65. The highest BCUT2D eigenvalue weighted by Gasteiger charge is 2.14. The van der Waals surface area contributed by atoms with Crippen molar-refractivity contribution in [1.29, 1.82) is 0 Å². The Hall–Kier alpha value is -2.22. The quantitative estimate of drug-likeness (QED) is 0.836. The smallest absolute Gasteiger partial charge is 0.0921 e. The molecular formula is C15H14N2. The lowest BCUT2D eigenvalue weighted by atomic mass is 10.2. The molecule has 1 aliphatic rings. The molecule has 0 bridgehead atoms. The first-order chi connectivity index (χ1) is 8.43. The molecule has 0 aromatic heterocycles. The van der Waals surface area contributed by atoms with Gasteiger partial charge in [0.05, 0.1) is 18.0 Å². The van der Waals surface area contributed by atoms with Crippen molar-refractivity contribution in [3.05, 3.63) is 66.4 Å². The summed E-state index contributed by atoms with van der Waals surface area (Å²) >= 11 is 0. The Morgan fingerprint density at radius 1 is 0.941 bits per heavy atom. The maximum absolute atomic E-state index is 3.36. The number of para-hydroxylation sites is 2. The Morgan fingerprint density at radius 2 is 1.71 bits per heavy atom. The van der Waals surface area contributed by atoms with E-state index in [1.165, 1.54) is 16.9 Å². The number of nitrogens with one attached hydrogen (secondary N) is 1. The third kappa shape index (κ3) is 2.02. The van der Waals surface area contributed by atoms with Crippen LogP contribution in [0.5, 0.6) is 0 Å². The second kappa shape index (κ2) is 4.34. The van der Waals surface area contributed by atoms with E-state index >= 15 is 0 Å². The van der Waals surface area contributed by atoms with Crippen molar-refractivity contribution in [2.45, 2.75) is 0 Å². The highest BCUT2D eigenvalue weighted by molar-refractivity contribution is 5.76. The lowest BCUT2D eigenvalue weighted by molar-refractivity contribution is 1.10. The molecule has 17 heavy (non-hydrogen) atoms. The van der Waals surface area contributed by atoms with Crippen molar-refractivity contribution in [2.24, 2.45) is 0 Å². The fourth-order valence-electron chi connectivity index (χ4n) is 2.00. The van der Waals surface area contributed by atoms with E-state index in [4.69, 9.17) is 0 Å². The van der Waals surface area contributed by atoms with E-state index in [0.29, 0.717) is 0 Å². The Morgan fingerprint density at radius 3 is 2.59 bits per heavy atom. The van der Waals surface area contributed by atoms with Gasteiger partial charge < -0.3 is 10.2 Å². The van der Waals surface area contributed by atoms with Crippen LogP contribution in [0, 0.1) is 0 Å². The minimum absolute atomic E-state index is 0.836. The molecule has 0 unspecified atom stereocenters. The van der Waals surface area contributed by atoms with E-state index in [9.17, 15) is 0 Å².